The van der Waals surface area contributed by atoms with Gasteiger partial charge >= 0.3 is 21.2 Å². The maximum absolute atomic E-state index is 11.2. The molecule has 0 bridgehead atoms. The van der Waals surface area contributed by atoms with Gasteiger partial charge in [0.15, 0.2) is 5.75 Å². The van der Waals surface area contributed by atoms with Crippen molar-refractivity contribution in [3.63, 3.8) is 0 Å². The van der Waals surface area contributed by atoms with Crippen molar-refractivity contribution in [3.05, 3.63) is 145 Å². The molecule has 0 amide bonds. The van der Waals surface area contributed by atoms with E-state index in [1.54, 1.807) is 13.2 Å². The van der Waals surface area contributed by atoms with Gasteiger partial charge < -0.3 is 25.0 Å². The van der Waals surface area contributed by atoms with Gasteiger partial charge in [-0.25, -0.2) is 0 Å². The van der Waals surface area contributed by atoms with Crippen LogP contribution >= 0.6 is 0 Å². The maximum Gasteiger partial charge on any atom is 0.425 e. The van der Waals surface area contributed by atoms with Crippen molar-refractivity contribution in [2.24, 2.45) is 30.7 Å². The summed E-state index contributed by atoms with van der Waals surface area (Å²) < 4.78 is 61.9. The van der Waals surface area contributed by atoms with Crippen LogP contribution in [-0.4, -0.2) is 49.7 Å². The average molecular weight is 978 g/mol. The zero-order chi connectivity index (χ0) is 45.8. The number of rotatable bonds is 10. The zero-order valence-corrected chi connectivity index (χ0v) is 36.8. The molecule has 8 aromatic carbocycles. The fraction of sp³-hybridized carbons (Fsp3) is 0.0870. The monoisotopic (exact) mass is 976 g/mol. The minimum absolute atomic E-state index is 0. The Morgan fingerprint density at radius 1 is 0.485 bits per heavy atom. The van der Waals surface area contributed by atoms with E-state index in [0.29, 0.717) is 22.5 Å². The second-order valence-corrected chi connectivity index (χ2v) is 14.2. The van der Waals surface area contributed by atoms with Crippen molar-refractivity contribution >= 4 is 99.0 Å². The summed E-state index contributed by atoms with van der Waals surface area (Å²) in [5, 5.41) is 57.0. The number of aromatic hydroxyl groups is 2. The van der Waals surface area contributed by atoms with Crippen LogP contribution in [0.15, 0.2) is 170 Å². The summed E-state index contributed by atoms with van der Waals surface area (Å²) in [6, 6.07) is 43.3. The molecule has 66 heavy (non-hydrogen) atoms. The number of anilines is 2. The number of phenolic OH excluding ortho intramolecular Hbond substituents is 2. The molecule has 0 spiro atoms. The Labute approximate surface area is 391 Å². The standard InChI is InChI=1S/C45H35N7O4.CH4.Cu.2O3S/c1-27-13-14-29-24-32(17-19-34(29)45(27)56-3)46-31-16-18-33-28(23-31)15-20-39(44(33)54)50-51-40-26-43(55-2)41(25-42(40)53)52-49-38-22-21-37(35-11-7-8-12-36(35)38)48-47-30-9-5-4-6-10-30;;;2*1-4(2)3/h4-26,46,53-54H,1-3H3;1H4;;;. The predicted molar refractivity (Wildman–Crippen MR) is 248 cm³/mol. The van der Waals surface area contributed by atoms with Crippen molar-refractivity contribution in [2.45, 2.75) is 14.4 Å². The molecule has 0 saturated carbocycles. The third-order valence-corrected chi connectivity index (χ3v) is 9.34. The molecule has 0 fully saturated rings. The van der Waals surface area contributed by atoms with Crippen LogP contribution in [0.1, 0.15) is 13.0 Å². The summed E-state index contributed by atoms with van der Waals surface area (Å²) in [7, 11) is -3.05. The van der Waals surface area contributed by atoms with Crippen molar-refractivity contribution in [3.8, 4) is 23.0 Å². The minimum atomic E-state index is -3.11. The van der Waals surface area contributed by atoms with Crippen molar-refractivity contribution in [1.82, 2.24) is 0 Å². The first kappa shape index (κ1) is 50.7. The number of benzene rings is 8. The quantitative estimate of drug-likeness (QED) is 0.0858. The molecule has 0 saturated heterocycles. The number of fused-ring (bicyclic) bond motifs is 3. The van der Waals surface area contributed by atoms with Crippen LogP contribution in [-0.2, 0) is 38.3 Å². The second kappa shape index (κ2) is 23.7. The molecule has 1 radical (unpaired) electrons. The molecule has 0 heterocycles. The Hall–Kier alpha value is -7.90. The number of hydrogen-bond donors (Lipinski definition) is 3. The summed E-state index contributed by atoms with van der Waals surface area (Å²) in [5.41, 5.74) is 5.56. The Morgan fingerprint density at radius 2 is 0.970 bits per heavy atom. The number of aryl methyl sites for hydroxylation is 1. The van der Waals surface area contributed by atoms with Crippen LogP contribution in [0.2, 0.25) is 0 Å². The van der Waals surface area contributed by atoms with E-state index in [2.05, 4.69) is 48.1 Å². The third kappa shape index (κ3) is 12.9. The van der Waals surface area contributed by atoms with E-state index < -0.39 is 21.2 Å². The summed E-state index contributed by atoms with van der Waals surface area (Å²) in [4.78, 5) is 0. The smallest absolute Gasteiger partial charge is 0.425 e. The van der Waals surface area contributed by atoms with E-state index in [0.717, 1.165) is 55.3 Å². The van der Waals surface area contributed by atoms with Crippen LogP contribution in [0.25, 0.3) is 32.3 Å². The van der Waals surface area contributed by atoms with E-state index in [-0.39, 0.29) is 53.1 Å². The van der Waals surface area contributed by atoms with Crippen LogP contribution in [0.3, 0.4) is 0 Å². The summed E-state index contributed by atoms with van der Waals surface area (Å²) in [5.74, 6) is 0.959. The largest absolute Gasteiger partial charge is 0.506 e. The molecule has 8 rings (SSSR count). The fourth-order valence-corrected chi connectivity index (χ4v) is 6.52. The van der Waals surface area contributed by atoms with Gasteiger partial charge in [-0.3, -0.25) is 0 Å². The molecular formula is C46H39CuN7O10S2. The number of phenols is 2. The van der Waals surface area contributed by atoms with Gasteiger partial charge in [0.1, 0.15) is 34.3 Å². The van der Waals surface area contributed by atoms with Gasteiger partial charge in [0.05, 0.1) is 31.3 Å². The molecule has 0 atom stereocenters. The van der Waals surface area contributed by atoms with Gasteiger partial charge in [-0.05, 0) is 90.0 Å². The molecule has 0 aliphatic rings. The normalized spacial score (nSPS) is 10.7. The molecule has 17 nitrogen and oxygen atoms in total. The number of nitrogens with zero attached hydrogens (tertiary/aromatic N) is 6. The number of azo groups is 3. The Balaban J connectivity index is 0.000000883. The number of ether oxygens (including phenoxy) is 2. The number of hydrogen-bond acceptors (Lipinski definition) is 17. The van der Waals surface area contributed by atoms with Crippen LogP contribution in [0.4, 0.5) is 45.5 Å². The molecular weight excluding hydrogens is 938 g/mol. The van der Waals surface area contributed by atoms with E-state index in [4.69, 9.17) is 34.7 Å². The summed E-state index contributed by atoms with van der Waals surface area (Å²) >= 11 is 0. The first-order valence-electron chi connectivity index (χ1n) is 18.7. The summed E-state index contributed by atoms with van der Waals surface area (Å²) in [6.45, 7) is 2.03. The molecule has 8 aromatic rings. The van der Waals surface area contributed by atoms with Gasteiger partial charge in [0.25, 0.3) is 0 Å². The fourth-order valence-electron chi connectivity index (χ4n) is 6.52. The Bertz CT molecular complexity index is 3320. The number of nitrogens with one attached hydrogen (secondary N) is 1. The Kier molecular flexibility index (Phi) is 18.2. The first-order chi connectivity index (χ1) is 30.8. The van der Waals surface area contributed by atoms with Crippen LogP contribution in [0, 0.1) is 6.92 Å². The van der Waals surface area contributed by atoms with Gasteiger partial charge in [-0.15, -0.1) is 50.8 Å². The van der Waals surface area contributed by atoms with Crippen molar-refractivity contribution in [2.75, 3.05) is 19.5 Å². The SMILES string of the molecule is C.COc1cc(N=Nc2ccc3cc(Nc4ccc5c(OC)c(C)ccc5c4)ccc3c2O)c(O)cc1N=Nc1ccc(N=Nc2ccccc2)c2ccccc12.O=S(=O)=O.O=S(=O)=O.[Cu]. The number of methoxy groups -OCH3 is 2. The molecule has 0 aliphatic heterocycles. The van der Waals surface area contributed by atoms with Gasteiger partial charge in [-0.1, -0.05) is 68.1 Å². The van der Waals surface area contributed by atoms with E-state index in [9.17, 15) is 10.2 Å². The molecule has 0 aromatic heterocycles. The molecule has 0 aliphatic carbocycles. The topological polar surface area (TPSA) is 248 Å². The minimum Gasteiger partial charge on any atom is -0.506 e. The van der Waals surface area contributed by atoms with Crippen LogP contribution < -0.4 is 14.8 Å². The van der Waals surface area contributed by atoms with Crippen molar-refractivity contribution < 1.29 is 62.0 Å². The molecule has 20 heteroatoms. The van der Waals surface area contributed by atoms with Crippen LogP contribution in [0.5, 0.6) is 23.0 Å². The average Bonchev–Trinajstić information content (AvgIpc) is 3.28. The predicted octanol–water partition coefficient (Wildman–Crippen LogP) is 12.5. The second-order valence-electron chi connectivity index (χ2n) is 13.4. The van der Waals surface area contributed by atoms with E-state index >= 15 is 0 Å². The van der Waals surface area contributed by atoms with Gasteiger partial charge in [0.2, 0.25) is 0 Å². The van der Waals surface area contributed by atoms with E-state index in [1.165, 1.54) is 19.2 Å². The first-order valence-corrected chi connectivity index (χ1v) is 20.7. The van der Waals surface area contributed by atoms with Gasteiger partial charge in [0, 0.05) is 62.1 Å². The summed E-state index contributed by atoms with van der Waals surface area (Å²) in [6.07, 6.45) is 0. The Morgan fingerprint density at radius 3 is 1.56 bits per heavy atom. The maximum atomic E-state index is 11.2. The third-order valence-electron chi connectivity index (χ3n) is 9.34. The molecule has 341 valence electrons. The van der Waals surface area contributed by atoms with Crippen molar-refractivity contribution in [1.29, 1.82) is 0 Å². The molecule has 3 N–H and O–H groups in total. The van der Waals surface area contributed by atoms with E-state index in [1.807, 2.05) is 116 Å². The molecule has 0 unspecified atom stereocenters. The zero-order valence-electron chi connectivity index (χ0n) is 34.2. The van der Waals surface area contributed by atoms with Gasteiger partial charge in [-0.2, -0.15) is 5.11 Å².